The Kier molecular flexibility index (Phi) is 9.19. The highest BCUT2D eigenvalue weighted by Crippen LogP contribution is 2.41. The van der Waals surface area contributed by atoms with Gasteiger partial charge in [0.1, 0.15) is 6.04 Å². The summed E-state index contributed by atoms with van der Waals surface area (Å²) >= 11 is 12.4. The van der Waals surface area contributed by atoms with Crippen LogP contribution >= 0.6 is 23.2 Å². The number of aryl methyl sites for hydroxylation is 1. The summed E-state index contributed by atoms with van der Waals surface area (Å²) in [7, 11) is 0. The molecule has 0 spiro atoms. The van der Waals surface area contributed by atoms with Crippen molar-refractivity contribution in [2.24, 2.45) is 0 Å². The third-order valence-electron chi connectivity index (χ3n) is 7.96. The molecule has 2 atom stereocenters. The maximum absolute atomic E-state index is 14.8. The lowest BCUT2D eigenvalue weighted by atomic mass is 9.96. The molecule has 1 heterocycles. The van der Waals surface area contributed by atoms with E-state index in [2.05, 4.69) is 0 Å². The fraction of sp³-hybridized carbons (Fsp3) is 0.229. The largest absolute Gasteiger partial charge is 0.481 e. The number of carboxylic acid groups (broad SMARTS) is 1. The van der Waals surface area contributed by atoms with Crippen LogP contribution < -0.4 is 4.90 Å². The molecule has 4 aromatic rings. The Morgan fingerprint density at radius 1 is 0.860 bits per heavy atom. The summed E-state index contributed by atoms with van der Waals surface area (Å²) in [6.07, 6.45) is 0.867. The van der Waals surface area contributed by atoms with E-state index in [1.807, 2.05) is 68.4 Å². The molecule has 2 unspecified atom stereocenters. The molecule has 0 saturated carbocycles. The summed E-state index contributed by atoms with van der Waals surface area (Å²) in [6, 6.07) is 26.4. The number of carboxylic acids is 1. The van der Waals surface area contributed by atoms with Gasteiger partial charge in [0, 0.05) is 23.0 Å². The fourth-order valence-electron chi connectivity index (χ4n) is 5.68. The molecule has 2 amide bonds. The molecule has 0 saturated heterocycles. The third-order valence-corrected chi connectivity index (χ3v) is 8.47. The second kappa shape index (κ2) is 13.0. The number of anilines is 1. The van der Waals surface area contributed by atoms with Gasteiger partial charge in [-0.15, -0.1) is 0 Å². The first-order valence-corrected chi connectivity index (χ1v) is 15.0. The molecule has 6 nitrogen and oxygen atoms in total. The molecule has 0 bridgehead atoms. The molecule has 1 aliphatic rings. The number of amides is 2. The lowest BCUT2D eigenvalue weighted by Crippen LogP contribution is -2.44. The van der Waals surface area contributed by atoms with E-state index >= 15 is 0 Å². The molecular formula is C35H32Cl2N2O4. The van der Waals surface area contributed by atoms with Gasteiger partial charge in [-0.1, -0.05) is 77.8 Å². The molecule has 0 radical (unpaired) electrons. The molecule has 0 aliphatic carbocycles. The molecule has 220 valence electrons. The molecule has 1 aliphatic heterocycles. The number of benzene rings is 4. The number of aliphatic carboxylic acids is 1. The number of carbonyl (C=O) groups excluding carboxylic acids is 2. The molecular weight excluding hydrogens is 583 g/mol. The number of nitrogens with zero attached hydrogens (tertiary/aromatic N) is 2. The summed E-state index contributed by atoms with van der Waals surface area (Å²) in [6.45, 7) is 4.20. The smallest absolute Gasteiger partial charge is 0.303 e. The van der Waals surface area contributed by atoms with Gasteiger partial charge in [0.2, 0.25) is 0 Å². The molecule has 43 heavy (non-hydrogen) atoms. The van der Waals surface area contributed by atoms with Crippen LogP contribution in [0.15, 0.2) is 91.0 Å². The molecule has 8 heteroatoms. The lowest BCUT2D eigenvalue weighted by molar-refractivity contribution is -0.137. The van der Waals surface area contributed by atoms with E-state index < -0.39 is 18.1 Å². The van der Waals surface area contributed by atoms with E-state index in [1.165, 1.54) is 0 Å². The van der Waals surface area contributed by atoms with Crippen LogP contribution in [0, 0.1) is 6.92 Å². The Labute approximate surface area is 261 Å². The van der Waals surface area contributed by atoms with Crippen molar-refractivity contribution in [3.05, 3.63) is 123 Å². The Bertz CT molecular complexity index is 1650. The number of unbranched alkanes of at least 4 members (excludes halogenated alkanes) is 1. The summed E-state index contributed by atoms with van der Waals surface area (Å²) in [5.41, 5.74) is 5.30. The Hall–Kier alpha value is -4.13. The standard InChI is InChI=1S/C35H32Cl2N2O4/c1-22-7-3-4-8-29(22)26-14-19-31-30(21-26)34(42)39(23(2)24-10-15-27(36)16-11-24)33(25-12-17-28(37)18-13-25)35(43)38(31)20-6-5-9-32(40)41/h3-4,7-8,10-19,21,23,33H,5-6,9,20H2,1-2H3,(H,40,41). The normalized spacial score (nSPS) is 15.7. The maximum atomic E-state index is 14.8. The van der Waals surface area contributed by atoms with E-state index in [-0.39, 0.29) is 24.8 Å². The van der Waals surface area contributed by atoms with Crippen molar-refractivity contribution in [1.29, 1.82) is 0 Å². The van der Waals surface area contributed by atoms with Crippen LogP contribution in [0.1, 0.15) is 65.3 Å². The molecule has 0 aromatic heterocycles. The Morgan fingerprint density at radius 3 is 2.16 bits per heavy atom. The van der Waals surface area contributed by atoms with Crippen LogP contribution in [-0.2, 0) is 9.59 Å². The highest BCUT2D eigenvalue weighted by Gasteiger charge is 2.43. The van der Waals surface area contributed by atoms with Gasteiger partial charge in [-0.05, 0) is 90.9 Å². The predicted molar refractivity (Wildman–Crippen MR) is 171 cm³/mol. The monoisotopic (exact) mass is 614 g/mol. The van der Waals surface area contributed by atoms with Crippen LogP contribution in [0.3, 0.4) is 0 Å². The third kappa shape index (κ3) is 6.46. The second-order valence-electron chi connectivity index (χ2n) is 10.8. The first kappa shape index (κ1) is 30.3. The minimum atomic E-state index is -0.954. The van der Waals surface area contributed by atoms with E-state index in [0.29, 0.717) is 39.7 Å². The minimum Gasteiger partial charge on any atom is -0.481 e. The Morgan fingerprint density at radius 2 is 1.51 bits per heavy atom. The van der Waals surface area contributed by atoms with Gasteiger partial charge in [-0.3, -0.25) is 14.4 Å². The number of hydrogen-bond acceptors (Lipinski definition) is 3. The molecule has 0 fully saturated rings. The molecule has 5 rings (SSSR count). The van der Waals surface area contributed by atoms with Gasteiger partial charge < -0.3 is 14.9 Å². The zero-order chi connectivity index (χ0) is 30.7. The van der Waals surface area contributed by atoms with Crippen LogP contribution in [-0.4, -0.2) is 34.3 Å². The average Bonchev–Trinajstić information content (AvgIpc) is 3.08. The van der Waals surface area contributed by atoms with Crippen LogP contribution in [0.4, 0.5) is 5.69 Å². The molecule has 1 N–H and O–H groups in total. The quantitative estimate of drug-likeness (QED) is 0.192. The minimum absolute atomic E-state index is 0.000376. The van der Waals surface area contributed by atoms with Gasteiger partial charge in [-0.2, -0.15) is 0 Å². The topological polar surface area (TPSA) is 77.9 Å². The number of fused-ring (bicyclic) bond motifs is 1. The van der Waals surface area contributed by atoms with Crippen molar-refractivity contribution < 1.29 is 19.5 Å². The van der Waals surface area contributed by atoms with Crippen molar-refractivity contribution in [2.75, 3.05) is 11.4 Å². The van der Waals surface area contributed by atoms with Crippen molar-refractivity contribution in [1.82, 2.24) is 4.90 Å². The summed E-state index contributed by atoms with van der Waals surface area (Å²) in [4.78, 5) is 43.9. The van der Waals surface area contributed by atoms with E-state index in [1.54, 1.807) is 46.2 Å². The lowest BCUT2D eigenvalue weighted by Gasteiger charge is -2.36. The average molecular weight is 616 g/mol. The summed E-state index contributed by atoms with van der Waals surface area (Å²) < 4.78 is 0. The highest BCUT2D eigenvalue weighted by molar-refractivity contribution is 6.30. The van der Waals surface area contributed by atoms with Crippen LogP contribution in [0.25, 0.3) is 11.1 Å². The zero-order valence-corrected chi connectivity index (χ0v) is 25.5. The maximum Gasteiger partial charge on any atom is 0.303 e. The Balaban J connectivity index is 1.69. The summed E-state index contributed by atoms with van der Waals surface area (Å²) in [5, 5.41) is 10.3. The SMILES string of the molecule is Cc1ccccc1-c1ccc2c(c1)C(=O)N(C(C)c1ccc(Cl)cc1)C(c1ccc(Cl)cc1)C(=O)N2CCCCC(=O)O. The first-order valence-electron chi connectivity index (χ1n) is 14.2. The first-order chi connectivity index (χ1) is 20.7. The van der Waals surface area contributed by atoms with Crippen molar-refractivity contribution in [3.63, 3.8) is 0 Å². The summed E-state index contributed by atoms with van der Waals surface area (Å²) in [5.74, 6) is -1.44. The van der Waals surface area contributed by atoms with Crippen LogP contribution in [0.2, 0.25) is 10.0 Å². The van der Waals surface area contributed by atoms with Crippen LogP contribution in [0.5, 0.6) is 0 Å². The fourth-order valence-corrected chi connectivity index (χ4v) is 5.93. The van der Waals surface area contributed by atoms with E-state index in [4.69, 9.17) is 23.2 Å². The molecule has 4 aromatic carbocycles. The zero-order valence-electron chi connectivity index (χ0n) is 24.0. The van der Waals surface area contributed by atoms with Gasteiger partial charge in [0.15, 0.2) is 0 Å². The van der Waals surface area contributed by atoms with Gasteiger partial charge in [0.05, 0.1) is 17.3 Å². The number of hydrogen-bond donors (Lipinski definition) is 1. The van der Waals surface area contributed by atoms with Crippen molar-refractivity contribution in [2.45, 2.75) is 45.2 Å². The highest BCUT2D eigenvalue weighted by atomic mass is 35.5. The second-order valence-corrected chi connectivity index (χ2v) is 11.7. The van der Waals surface area contributed by atoms with Gasteiger partial charge >= 0.3 is 5.97 Å². The van der Waals surface area contributed by atoms with Crippen molar-refractivity contribution >= 4 is 46.7 Å². The van der Waals surface area contributed by atoms with E-state index in [0.717, 1.165) is 22.3 Å². The number of rotatable bonds is 9. The number of carbonyl (C=O) groups is 3. The van der Waals surface area contributed by atoms with Crippen molar-refractivity contribution in [3.8, 4) is 11.1 Å². The van der Waals surface area contributed by atoms with Gasteiger partial charge in [-0.25, -0.2) is 0 Å². The predicted octanol–water partition coefficient (Wildman–Crippen LogP) is 8.52. The van der Waals surface area contributed by atoms with Gasteiger partial charge in [0.25, 0.3) is 11.8 Å². The number of halogens is 2. The van der Waals surface area contributed by atoms with E-state index in [9.17, 15) is 19.5 Å².